The van der Waals surface area contributed by atoms with Crippen LogP contribution in [-0.2, 0) is 20.9 Å². The maximum absolute atomic E-state index is 13.4. The van der Waals surface area contributed by atoms with Crippen LogP contribution < -0.4 is 26.8 Å². The van der Waals surface area contributed by atoms with Gasteiger partial charge in [0, 0.05) is 36.1 Å². The molecule has 43 heavy (non-hydrogen) atoms. The number of unbranched alkanes of at least 4 members (excludes halogenated alkanes) is 2. The number of carbonyl (C=O) groups excluding carboxylic acids is 4. The van der Waals surface area contributed by atoms with Crippen molar-refractivity contribution >= 4 is 45.6 Å². The van der Waals surface area contributed by atoms with Crippen LogP contribution in [0.5, 0.6) is 0 Å². The average Bonchev–Trinajstić information content (AvgIpc) is 3.55. The third-order valence-corrected chi connectivity index (χ3v) is 8.72. The van der Waals surface area contributed by atoms with Gasteiger partial charge in [-0.25, -0.2) is 4.98 Å². The molecule has 3 saturated carbocycles. The lowest BCUT2D eigenvalue weighted by Gasteiger charge is -2.61. The second-order valence-electron chi connectivity index (χ2n) is 11.4. The Morgan fingerprint density at radius 3 is 2.72 bits per heavy atom. The van der Waals surface area contributed by atoms with Gasteiger partial charge in [-0.1, -0.05) is 25.8 Å². The van der Waals surface area contributed by atoms with Crippen LogP contribution in [0.25, 0.3) is 4.96 Å². The Bertz CT molecular complexity index is 1540. The van der Waals surface area contributed by atoms with Gasteiger partial charge < -0.3 is 25.8 Å². The molecule has 4 N–H and O–H groups in total. The molecule has 1 atom stereocenters. The highest BCUT2D eigenvalue weighted by molar-refractivity contribution is 7.15. The zero-order chi connectivity index (χ0) is 30.4. The number of imidazole rings is 1. The van der Waals surface area contributed by atoms with Crippen molar-refractivity contribution in [2.24, 2.45) is 5.92 Å². The minimum absolute atomic E-state index is 0.00503. The summed E-state index contributed by atoms with van der Waals surface area (Å²) in [6.45, 7) is 2.53. The fraction of sp³-hybridized carbons (Fsp3) is 0.467. The number of aromatic nitrogens is 3. The molecule has 0 unspecified atom stereocenters. The smallest absolute Gasteiger partial charge is 0.274 e. The number of carbonyl (C=O) groups is 4. The zero-order valence-electron chi connectivity index (χ0n) is 24.1. The highest BCUT2D eigenvalue weighted by Gasteiger charge is 2.57. The number of rotatable bonds is 15. The molecular formula is C30H37N7O5S. The van der Waals surface area contributed by atoms with Crippen LogP contribution >= 0.6 is 11.3 Å². The van der Waals surface area contributed by atoms with Gasteiger partial charge in [-0.15, -0.1) is 11.3 Å². The van der Waals surface area contributed by atoms with E-state index in [-0.39, 0.29) is 41.7 Å². The first-order chi connectivity index (χ1) is 20.7. The monoisotopic (exact) mass is 607 g/mol. The molecule has 228 valence electrons. The first-order valence-corrected chi connectivity index (χ1v) is 15.6. The molecule has 13 heteroatoms. The number of nitrogens with zero attached hydrogens (tertiary/aromatic N) is 3. The van der Waals surface area contributed by atoms with Gasteiger partial charge in [-0.3, -0.25) is 28.4 Å². The molecule has 3 fully saturated rings. The van der Waals surface area contributed by atoms with Crippen molar-refractivity contribution in [2.75, 3.05) is 11.9 Å². The predicted molar refractivity (Wildman–Crippen MR) is 163 cm³/mol. The number of thiazole rings is 1. The second-order valence-corrected chi connectivity index (χ2v) is 12.2. The number of hydrogen-bond donors (Lipinski definition) is 4. The van der Waals surface area contributed by atoms with Crippen molar-refractivity contribution in [3.05, 3.63) is 64.3 Å². The van der Waals surface area contributed by atoms with E-state index in [1.807, 2.05) is 5.38 Å². The predicted octanol–water partition coefficient (Wildman–Crippen LogP) is 2.61. The molecule has 2 bridgehead atoms. The highest BCUT2D eigenvalue weighted by atomic mass is 32.1. The van der Waals surface area contributed by atoms with Crippen molar-refractivity contribution in [1.29, 1.82) is 0 Å². The number of hydrogen-bond acceptors (Lipinski definition) is 7. The maximum atomic E-state index is 13.4. The summed E-state index contributed by atoms with van der Waals surface area (Å²) in [5.74, 6) is -0.884. The van der Waals surface area contributed by atoms with E-state index < -0.39 is 23.4 Å². The molecule has 3 heterocycles. The summed E-state index contributed by atoms with van der Waals surface area (Å²) in [5.41, 5.74) is -0.475. The number of nitrogens with one attached hydrogen (secondary N) is 4. The molecule has 3 aromatic rings. The van der Waals surface area contributed by atoms with Gasteiger partial charge >= 0.3 is 0 Å². The minimum Gasteiger partial charge on any atom is -0.353 e. The van der Waals surface area contributed by atoms with Crippen LogP contribution in [-0.4, -0.2) is 55.7 Å². The minimum atomic E-state index is -1.02. The Balaban J connectivity index is 1.22. The van der Waals surface area contributed by atoms with Crippen LogP contribution in [0.1, 0.15) is 68.8 Å². The van der Waals surface area contributed by atoms with Crippen molar-refractivity contribution in [3.8, 4) is 0 Å². The van der Waals surface area contributed by atoms with E-state index in [2.05, 4.69) is 33.2 Å². The molecule has 0 spiro atoms. The van der Waals surface area contributed by atoms with Gasteiger partial charge in [0.2, 0.25) is 17.7 Å². The molecule has 0 radical (unpaired) electrons. The van der Waals surface area contributed by atoms with Gasteiger partial charge in [0.05, 0.1) is 0 Å². The van der Waals surface area contributed by atoms with Crippen molar-refractivity contribution in [2.45, 2.75) is 76.4 Å². The molecule has 0 aliphatic heterocycles. The lowest BCUT2D eigenvalue weighted by atomic mass is 9.50. The van der Waals surface area contributed by atoms with Crippen molar-refractivity contribution in [3.63, 3.8) is 0 Å². The largest absolute Gasteiger partial charge is 0.353 e. The quantitative estimate of drug-likeness (QED) is 0.154. The standard InChI is InChI=1S/C30H37N7O5S/c1-2-3-6-11-31-24(38)10-5-4-8-21(32-27(41)23-18-37-13-14-43-29(37)34-23)26(40)33-22-9-7-12-36(28(22)42)19-25(39)35-30-15-20(16-30)17-30/h5,7,9-10,12-14,18,20-21H,2-4,6,8,11,15-17,19H2,1H3,(H,31,38)(H,32,41)(H,33,40)(H,35,39)/b10-5+/t20?,21-,30?/m0/s1. The average molecular weight is 608 g/mol. The fourth-order valence-corrected chi connectivity index (χ4v) is 6.23. The molecule has 0 aromatic carbocycles. The molecule has 3 aliphatic rings. The molecule has 4 amide bonds. The second kappa shape index (κ2) is 13.4. The summed E-state index contributed by atoms with van der Waals surface area (Å²) in [4.78, 5) is 69.1. The number of anilines is 1. The summed E-state index contributed by atoms with van der Waals surface area (Å²) in [6.07, 6.45) is 14.4. The van der Waals surface area contributed by atoms with Crippen LogP contribution in [0.4, 0.5) is 5.69 Å². The molecule has 3 aromatic heterocycles. The first-order valence-electron chi connectivity index (χ1n) is 14.7. The Morgan fingerprint density at radius 2 is 2.00 bits per heavy atom. The molecule has 0 saturated heterocycles. The molecule has 12 nitrogen and oxygen atoms in total. The highest BCUT2D eigenvalue weighted by Crippen LogP contribution is 2.56. The zero-order valence-corrected chi connectivity index (χ0v) is 25.0. The van der Waals surface area contributed by atoms with E-state index in [9.17, 15) is 24.0 Å². The van der Waals surface area contributed by atoms with Crippen LogP contribution in [0, 0.1) is 5.92 Å². The number of allylic oxidation sites excluding steroid dienone is 1. The molecule has 3 aliphatic carbocycles. The lowest BCUT2D eigenvalue weighted by Crippen LogP contribution is -2.68. The third kappa shape index (κ3) is 7.39. The van der Waals surface area contributed by atoms with E-state index in [4.69, 9.17) is 0 Å². The Hall–Kier alpha value is -4.26. The van der Waals surface area contributed by atoms with Crippen LogP contribution in [0.2, 0.25) is 0 Å². The van der Waals surface area contributed by atoms with Crippen molar-refractivity contribution in [1.82, 2.24) is 29.9 Å². The van der Waals surface area contributed by atoms with Gasteiger partial charge in [-0.05, 0) is 62.7 Å². The van der Waals surface area contributed by atoms with E-state index >= 15 is 0 Å². The fourth-order valence-electron chi connectivity index (χ4n) is 5.53. The number of pyridine rings is 1. The maximum Gasteiger partial charge on any atom is 0.274 e. The van der Waals surface area contributed by atoms with Gasteiger partial charge in [0.15, 0.2) is 4.96 Å². The Labute approximate surface area is 253 Å². The lowest BCUT2D eigenvalue weighted by molar-refractivity contribution is -0.133. The van der Waals surface area contributed by atoms with E-state index in [0.717, 1.165) is 38.5 Å². The van der Waals surface area contributed by atoms with E-state index in [0.29, 0.717) is 23.8 Å². The summed E-state index contributed by atoms with van der Waals surface area (Å²) >= 11 is 1.38. The Kier molecular flexibility index (Phi) is 9.39. The molecular weight excluding hydrogens is 570 g/mol. The van der Waals surface area contributed by atoms with Gasteiger partial charge in [0.25, 0.3) is 11.5 Å². The number of fused-ring (bicyclic) bond motifs is 1. The summed E-state index contributed by atoms with van der Waals surface area (Å²) in [5, 5.41) is 13.0. The number of amides is 4. The molecule has 6 rings (SSSR count). The SMILES string of the molecule is CCCCCNC(=O)/C=C/CC[C@H](NC(=O)c1cn2ccsc2n1)C(=O)Nc1cccn(CC(=O)NC23CC(C2)C3)c1=O. The van der Waals surface area contributed by atoms with Crippen LogP contribution in [0.3, 0.4) is 0 Å². The van der Waals surface area contributed by atoms with E-state index in [1.165, 1.54) is 34.2 Å². The third-order valence-electron chi connectivity index (χ3n) is 7.95. The van der Waals surface area contributed by atoms with E-state index in [1.54, 1.807) is 28.9 Å². The van der Waals surface area contributed by atoms with Crippen molar-refractivity contribution < 1.29 is 19.2 Å². The summed E-state index contributed by atoms with van der Waals surface area (Å²) < 4.78 is 2.97. The van der Waals surface area contributed by atoms with Crippen LogP contribution in [0.15, 0.2) is 53.0 Å². The van der Waals surface area contributed by atoms with Gasteiger partial charge in [-0.2, -0.15) is 0 Å². The topological polar surface area (TPSA) is 156 Å². The Morgan fingerprint density at radius 1 is 1.19 bits per heavy atom. The summed E-state index contributed by atoms with van der Waals surface area (Å²) in [7, 11) is 0. The summed E-state index contributed by atoms with van der Waals surface area (Å²) in [6, 6.07) is 2.02. The normalized spacial score (nSPS) is 19.3. The van der Waals surface area contributed by atoms with Gasteiger partial charge in [0.1, 0.15) is 24.0 Å². The first kappa shape index (κ1) is 30.2.